The molecule has 0 atom stereocenters. The van der Waals surface area contributed by atoms with Crippen LogP contribution in [0.2, 0.25) is 0 Å². The van der Waals surface area contributed by atoms with Gasteiger partial charge in [-0.15, -0.1) is 0 Å². The molecule has 0 heterocycles. The Morgan fingerprint density at radius 1 is 1.25 bits per heavy atom. The van der Waals surface area contributed by atoms with Crippen molar-refractivity contribution in [3.05, 3.63) is 35.4 Å². The molecule has 0 aliphatic rings. The van der Waals surface area contributed by atoms with Crippen LogP contribution in [0.3, 0.4) is 0 Å². The Kier molecular flexibility index (Phi) is 6.80. The lowest BCUT2D eigenvalue weighted by Gasteiger charge is -2.23. The molecule has 0 aliphatic carbocycles. The van der Waals surface area contributed by atoms with E-state index in [-0.39, 0.29) is 5.41 Å². The van der Waals surface area contributed by atoms with Gasteiger partial charge >= 0.3 is 0 Å². The Bertz CT molecular complexity index is 433. The molecular weight excluding hydrogens is 248 g/mol. The van der Waals surface area contributed by atoms with Gasteiger partial charge in [-0.2, -0.15) is 0 Å². The van der Waals surface area contributed by atoms with E-state index in [0.717, 1.165) is 37.4 Å². The second kappa shape index (κ2) is 8.11. The molecule has 112 valence electrons. The van der Waals surface area contributed by atoms with Crippen molar-refractivity contribution in [3.8, 4) is 5.75 Å². The van der Waals surface area contributed by atoms with Crippen molar-refractivity contribution in [2.45, 2.75) is 40.5 Å². The average Bonchev–Trinajstić information content (AvgIpc) is 2.42. The molecule has 0 unspecified atom stereocenters. The van der Waals surface area contributed by atoms with Gasteiger partial charge in [0.1, 0.15) is 5.75 Å². The van der Waals surface area contributed by atoms with Crippen molar-refractivity contribution in [1.29, 1.82) is 0 Å². The molecule has 1 aromatic carbocycles. The molecule has 2 nitrogen and oxygen atoms in total. The van der Waals surface area contributed by atoms with Gasteiger partial charge in [-0.1, -0.05) is 37.6 Å². The minimum absolute atomic E-state index is 0.233. The van der Waals surface area contributed by atoms with E-state index >= 15 is 0 Å². The van der Waals surface area contributed by atoms with Gasteiger partial charge in [0.05, 0.1) is 13.7 Å². The van der Waals surface area contributed by atoms with Crippen LogP contribution in [0.25, 0.3) is 6.08 Å². The summed E-state index contributed by atoms with van der Waals surface area (Å²) < 4.78 is 10.9. The molecule has 0 radical (unpaired) electrons. The lowest BCUT2D eigenvalue weighted by molar-refractivity contribution is 0.0667. The molecule has 0 aromatic heterocycles. The first-order valence-electron chi connectivity index (χ1n) is 7.37. The van der Waals surface area contributed by atoms with E-state index in [9.17, 15) is 0 Å². The summed E-state index contributed by atoms with van der Waals surface area (Å²) in [7, 11) is 1.72. The molecule has 0 bridgehead atoms. The summed E-state index contributed by atoms with van der Waals surface area (Å²) in [4.78, 5) is 0. The number of allylic oxidation sites excluding steroid dienone is 1. The highest BCUT2D eigenvalue weighted by Gasteiger charge is 2.16. The van der Waals surface area contributed by atoms with Gasteiger partial charge < -0.3 is 9.47 Å². The molecule has 20 heavy (non-hydrogen) atoms. The number of ether oxygens (including phenoxy) is 2. The topological polar surface area (TPSA) is 18.5 Å². The van der Waals surface area contributed by atoms with Gasteiger partial charge in [0.15, 0.2) is 0 Å². The first-order valence-corrected chi connectivity index (χ1v) is 7.37. The smallest absolute Gasteiger partial charge is 0.126 e. The van der Waals surface area contributed by atoms with Crippen LogP contribution in [0.4, 0.5) is 0 Å². The Morgan fingerprint density at radius 2 is 2.00 bits per heavy atom. The molecular formula is C18H28O2. The lowest BCUT2D eigenvalue weighted by Crippen LogP contribution is -2.18. The highest BCUT2D eigenvalue weighted by Crippen LogP contribution is 2.25. The van der Waals surface area contributed by atoms with E-state index < -0.39 is 0 Å². The fraction of sp³-hybridized carbons (Fsp3) is 0.556. The number of hydrogen-bond donors (Lipinski definition) is 0. The van der Waals surface area contributed by atoms with E-state index in [1.807, 2.05) is 13.0 Å². The van der Waals surface area contributed by atoms with Gasteiger partial charge in [-0.05, 0) is 44.2 Å². The van der Waals surface area contributed by atoms with Gasteiger partial charge in [-0.3, -0.25) is 0 Å². The van der Waals surface area contributed by atoms with Crippen LogP contribution < -0.4 is 4.74 Å². The molecule has 0 N–H and O–H groups in total. The highest BCUT2D eigenvalue weighted by atomic mass is 16.5. The van der Waals surface area contributed by atoms with Gasteiger partial charge in [0.2, 0.25) is 0 Å². The predicted octanol–water partition coefficient (Wildman–Crippen LogP) is 4.86. The van der Waals surface area contributed by atoms with E-state index in [2.05, 4.69) is 45.1 Å². The Hall–Kier alpha value is -1.28. The number of benzene rings is 1. The third kappa shape index (κ3) is 5.79. The normalized spacial score (nSPS) is 12.1. The van der Waals surface area contributed by atoms with Crippen LogP contribution in [-0.2, 0) is 4.74 Å². The second-order valence-corrected chi connectivity index (χ2v) is 5.99. The molecule has 0 aliphatic heterocycles. The third-order valence-corrected chi connectivity index (χ3v) is 3.37. The summed E-state index contributed by atoms with van der Waals surface area (Å²) in [5.74, 6) is 0.931. The third-order valence-electron chi connectivity index (χ3n) is 3.37. The maximum atomic E-state index is 5.52. The summed E-state index contributed by atoms with van der Waals surface area (Å²) >= 11 is 0. The molecule has 2 heteroatoms. The zero-order chi connectivity index (χ0) is 15.0. The zero-order valence-electron chi connectivity index (χ0n) is 13.5. The van der Waals surface area contributed by atoms with Crippen molar-refractivity contribution in [2.75, 3.05) is 20.3 Å². The molecule has 0 saturated carbocycles. The summed E-state index contributed by atoms with van der Waals surface area (Å²) in [6.07, 6.45) is 6.56. The van der Waals surface area contributed by atoms with Crippen LogP contribution >= 0.6 is 0 Å². The number of hydrogen-bond acceptors (Lipinski definition) is 2. The number of methoxy groups -OCH3 is 1. The molecule has 0 amide bonds. The fourth-order valence-corrected chi connectivity index (χ4v) is 2.12. The molecule has 1 aromatic rings. The van der Waals surface area contributed by atoms with E-state index in [1.165, 1.54) is 5.56 Å². The number of aryl methyl sites for hydroxylation is 1. The largest absolute Gasteiger partial charge is 0.496 e. The van der Waals surface area contributed by atoms with E-state index in [1.54, 1.807) is 7.11 Å². The number of rotatable bonds is 8. The first-order chi connectivity index (χ1) is 9.48. The molecule has 1 rings (SSSR count). The summed E-state index contributed by atoms with van der Waals surface area (Å²) in [5.41, 5.74) is 2.63. The maximum absolute atomic E-state index is 5.52. The maximum Gasteiger partial charge on any atom is 0.126 e. The van der Waals surface area contributed by atoms with Crippen molar-refractivity contribution in [1.82, 2.24) is 0 Å². The Morgan fingerprint density at radius 3 is 2.65 bits per heavy atom. The minimum Gasteiger partial charge on any atom is -0.496 e. The molecule has 0 fully saturated rings. The quantitative estimate of drug-likeness (QED) is 0.675. The molecule has 0 spiro atoms. The van der Waals surface area contributed by atoms with Gasteiger partial charge in [0.25, 0.3) is 0 Å². The van der Waals surface area contributed by atoms with E-state index in [0.29, 0.717) is 0 Å². The lowest BCUT2D eigenvalue weighted by atomic mass is 9.88. The average molecular weight is 276 g/mol. The van der Waals surface area contributed by atoms with Crippen molar-refractivity contribution in [2.24, 2.45) is 5.41 Å². The first kappa shape index (κ1) is 16.8. The SMILES string of the molecule is CCOCC(C)(C)CC/C=C/c1cc(C)ccc1OC. The summed E-state index contributed by atoms with van der Waals surface area (Å²) in [5, 5.41) is 0. The van der Waals surface area contributed by atoms with Crippen LogP contribution in [0.5, 0.6) is 5.75 Å². The Balaban J connectivity index is 2.55. The van der Waals surface area contributed by atoms with E-state index in [4.69, 9.17) is 9.47 Å². The summed E-state index contributed by atoms with van der Waals surface area (Å²) in [6.45, 7) is 10.3. The standard InChI is InChI=1S/C18H28O2/c1-6-20-14-18(3,4)12-8-7-9-16-13-15(2)10-11-17(16)19-5/h7,9-11,13H,6,8,12,14H2,1-5H3/b9-7+. The van der Waals surface area contributed by atoms with Crippen molar-refractivity contribution < 1.29 is 9.47 Å². The van der Waals surface area contributed by atoms with Crippen LogP contribution in [0.15, 0.2) is 24.3 Å². The zero-order valence-corrected chi connectivity index (χ0v) is 13.5. The van der Waals surface area contributed by atoms with Gasteiger partial charge in [0, 0.05) is 12.2 Å². The fourth-order valence-electron chi connectivity index (χ4n) is 2.12. The molecule has 0 saturated heterocycles. The minimum atomic E-state index is 0.233. The van der Waals surface area contributed by atoms with Crippen molar-refractivity contribution >= 4 is 6.08 Å². The Labute approximate surface area is 123 Å². The van der Waals surface area contributed by atoms with Gasteiger partial charge in [-0.25, -0.2) is 0 Å². The van der Waals surface area contributed by atoms with Crippen molar-refractivity contribution in [3.63, 3.8) is 0 Å². The van der Waals surface area contributed by atoms with Crippen LogP contribution in [-0.4, -0.2) is 20.3 Å². The summed E-state index contributed by atoms with van der Waals surface area (Å²) in [6, 6.07) is 6.25. The van der Waals surface area contributed by atoms with Crippen LogP contribution in [0, 0.1) is 12.3 Å². The predicted molar refractivity (Wildman–Crippen MR) is 86.3 cm³/mol. The monoisotopic (exact) mass is 276 g/mol. The highest BCUT2D eigenvalue weighted by molar-refractivity contribution is 5.58. The second-order valence-electron chi connectivity index (χ2n) is 5.99. The van der Waals surface area contributed by atoms with Crippen LogP contribution in [0.1, 0.15) is 44.7 Å².